The van der Waals surface area contributed by atoms with Crippen molar-refractivity contribution in [3.8, 4) is 5.75 Å². The lowest BCUT2D eigenvalue weighted by Gasteiger charge is -2.17. The van der Waals surface area contributed by atoms with Crippen LogP contribution in [0.25, 0.3) is 0 Å². The zero-order valence-electron chi connectivity index (χ0n) is 12.2. The van der Waals surface area contributed by atoms with Gasteiger partial charge < -0.3 is 15.2 Å². The van der Waals surface area contributed by atoms with Gasteiger partial charge in [-0.15, -0.1) is 0 Å². The van der Waals surface area contributed by atoms with Crippen LogP contribution in [0.4, 0.5) is 5.69 Å². The number of rotatable bonds is 5. The fraction of sp³-hybridized carbons (Fsp3) is 0.294. The normalized spacial score (nSPS) is 12.0. The third-order valence-corrected chi connectivity index (χ3v) is 3.41. The first-order valence-corrected chi connectivity index (χ1v) is 6.75. The van der Waals surface area contributed by atoms with Gasteiger partial charge in [0.2, 0.25) is 0 Å². The Morgan fingerprint density at radius 1 is 1.20 bits per heavy atom. The van der Waals surface area contributed by atoms with Crippen molar-refractivity contribution in [2.24, 2.45) is 0 Å². The molecule has 3 heteroatoms. The number of aliphatic hydroxyl groups excluding tert-OH is 1. The van der Waals surface area contributed by atoms with Gasteiger partial charge in [-0.05, 0) is 48.7 Å². The lowest BCUT2D eigenvalue weighted by Crippen LogP contribution is -2.07. The van der Waals surface area contributed by atoms with Crippen LogP contribution in [-0.2, 0) is 6.61 Å². The molecule has 2 aromatic carbocycles. The Labute approximate surface area is 120 Å². The molecule has 2 aromatic rings. The third kappa shape index (κ3) is 3.31. The molecular weight excluding hydrogens is 250 g/mol. The second kappa shape index (κ2) is 6.44. The molecule has 0 saturated carbocycles. The van der Waals surface area contributed by atoms with Crippen LogP contribution in [0.5, 0.6) is 5.75 Å². The van der Waals surface area contributed by atoms with Crippen molar-refractivity contribution in [3.05, 3.63) is 59.2 Å². The van der Waals surface area contributed by atoms with E-state index >= 15 is 0 Å². The zero-order chi connectivity index (χ0) is 14.5. The molecule has 3 nitrogen and oxygen atoms in total. The monoisotopic (exact) mass is 271 g/mol. The molecule has 0 aromatic heterocycles. The molecule has 0 aliphatic rings. The Balaban J connectivity index is 2.14. The van der Waals surface area contributed by atoms with Crippen molar-refractivity contribution in [3.63, 3.8) is 0 Å². The van der Waals surface area contributed by atoms with E-state index in [0.717, 1.165) is 28.1 Å². The molecule has 0 amide bonds. The molecule has 1 atom stereocenters. The van der Waals surface area contributed by atoms with Gasteiger partial charge in [0.05, 0.1) is 13.7 Å². The maximum absolute atomic E-state index is 9.19. The van der Waals surface area contributed by atoms with Crippen LogP contribution in [0.1, 0.15) is 29.7 Å². The van der Waals surface area contributed by atoms with Crippen LogP contribution in [-0.4, -0.2) is 12.2 Å². The number of anilines is 1. The molecule has 0 heterocycles. The predicted molar refractivity (Wildman–Crippen MR) is 82.1 cm³/mol. The fourth-order valence-electron chi connectivity index (χ4n) is 2.26. The van der Waals surface area contributed by atoms with Crippen LogP contribution >= 0.6 is 0 Å². The summed E-state index contributed by atoms with van der Waals surface area (Å²) >= 11 is 0. The summed E-state index contributed by atoms with van der Waals surface area (Å²) in [6, 6.07) is 14.2. The Morgan fingerprint density at radius 2 is 2.00 bits per heavy atom. The van der Waals surface area contributed by atoms with Gasteiger partial charge in [-0.2, -0.15) is 0 Å². The van der Waals surface area contributed by atoms with Gasteiger partial charge >= 0.3 is 0 Å². The van der Waals surface area contributed by atoms with E-state index < -0.39 is 0 Å². The van der Waals surface area contributed by atoms with E-state index in [0.29, 0.717) is 0 Å². The van der Waals surface area contributed by atoms with Crippen molar-refractivity contribution in [1.29, 1.82) is 0 Å². The van der Waals surface area contributed by atoms with Crippen molar-refractivity contribution in [2.75, 3.05) is 12.4 Å². The average Bonchev–Trinajstić information content (AvgIpc) is 2.47. The SMILES string of the molecule is COc1ccc(NC(C)c2cccc(CO)c2)cc1C. The van der Waals surface area contributed by atoms with E-state index in [1.165, 1.54) is 0 Å². The molecule has 106 valence electrons. The first kappa shape index (κ1) is 14.4. The second-order valence-corrected chi connectivity index (χ2v) is 4.95. The molecule has 0 radical (unpaired) electrons. The standard InChI is InChI=1S/C17H21NO2/c1-12-9-16(7-8-17(12)20-3)18-13(2)15-6-4-5-14(10-15)11-19/h4-10,13,18-19H,11H2,1-3H3. The van der Waals surface area contributed by atoms with Crippen LogP contribution in [0, 0.1) is 6.92 Å². The number of hydrogen-bond donors (Lipinski definition) is 2. The van der Waals surface area contributed by atoms with Gasteiger partial charge in [0, 0.05) is 11.7 Å². The summed E-state index contributed by atoms with van der Waals surface area (Å²) in [5.74, 6) is 0.894. The van der Waals surface area contributed by atoms with Crippen molar-refractivity contribution >= 4 is 5.69 Å². The number of ether oxygens (including phenoxy) is 1. The molecule has 1 unspecified atom stereocenters. The number of benzene rings is 2. The molecule has 0 saturated heterocycles. The van der Waals surface area contributed by atoms with Crippen LogP contribution in [0.15, 0.2) is 42.5 Å². The zero-order valence-corrected chi connectivity index (χ0v) is 12.2. The highest BCUT2D eigenvalue weighted by molar-refractivity contribution is 5.52. The predicted octanol–water partition coefficient (Wildman–Crippen LogP) is 3.67. The smallest absolute Gasteiger partial charge is 0.121 e. The minimum absolute atomic E-state index is 0.0716. The fourth-order valence-corrected chi connectivity index (χ4v) is 2.26. The minimum Gasteiger partial charge on any atom is -0.496 e. The largest absolute Gasteiger partial charge is 0.496 e. The summed E-state index contributed by atoms with van der Waals surface area (Å²) in [6.45, 7) is 4.21. The number of aryl methyl sites for hydroxylation is 1. The van der Waals surface area contributed by atoms with Gasteiger partial charge in [-0.3, -0.25) is 0 Å². The van der Waals surface area contributed by atoms with Gasteiger partial charge in [-0.1, -0.05) is 24.3 Å². The van der Waals surface area contributed by atoms with Crippen molar-refractivity contribution < 1.29 is 9.84 Å². The highest BCUT2D eigenvalue weighted by Gasteiger charge is 2.07. The number of nitrogens with one attached hydrogen (secondary N) is 1. The van der Waals surface area contributed by atoms with E-state index in [9.17, 15) is 5.11 Å². The highest BCUT2D eigenvalue weighted by Crippen LogP contribution is 2.25. The van der Waals surface area contributed by atoms with Gasteiger partial charge in [0.25, 0.3) is 0 Å². The van der Waals surface area contributed by atoms with Crippen molar-refractivity contribution in [2.45, 2.75) is 26.5 Å². The molecular formula is C17H21NO2. The Bertz CT molecular complexity index is 581. The maximum atomic E-state index is 9.19. The van der Waals surface area contributed by atoms with Crippen molar-refractivity contribution in [1.82, 2.24) is 0 Å². The topological polar surface area (TPSA) is 41.5 Å². The van der Waals surface area contributed by atoms with E-state index in [4.69, 9.17) is 4.74 Å². The van der Waals surface area contributed by atoms with Crippen LogP contribution < -0.4 is 10.1 Å². The summed E-state index contributed by atoms with van der Waals surface area (Å²) in [5, 5.41) is 12.7. The van der Waals surface area contributed by atoms with E-state index in [-0.39, 0.29) is 12.6 Å². The molecule has 0 spiro atoms. The van der Waals surface area contributed by atoms with Crippen LogP contribution in [0.3, 0.4) is 0 Å². The third-order valence-electron chi connectivity index (χ3n) is 3.41. The first-order chi connectivity index (χ1) is 9.63. The molecule has 0 fully saturated rings. The van der Waals surface area contributed by atoms with Crippen LogP contribution in [0.2, 0.25) is 0 Å². The summed E-state index contributed by atoms with van der Waals surface area (Å²) in [5.41, 5.74) is 4.26. The number of hydrogen-bond acceptors (Lipinski definition) is 3. The quantitative estimate of drug-likeness (QED) is 0.872. The Kier molecular flexibility index (Phi) is 4.64. The van der Waals surface area contributed by atoms with Gasteiger partial charge in [0.15, 0.2) is 0 Å². The minimum atomic E-state index is 0.0716. The van der Waals surface area contributed by atoms with Gasteiger partial charge in [0.1, 0.15) is 5.75 Å². The molecule has 2 N–H and O–H groups in total. The molecule has 0 aliphatic carbocycles. The first-order valence-electron chi connectivity index (χ1n) is 6.75. The summed E-state index contributed by atoms with van der Waals surface area (Å²) in [4.78, 5) is 0. The summed E-state index contributed by atoms with van der Waals surface area (Å²) in [7, 11) is 1.68. The number of aliphatic hydroxyl groups is 1. The summed E-state index contributed by atoms with van der Waals surface area (Å²) < 4.78 is 5.26. The summed E-state index contributed by atoms with van der Waals surface area (Å²) in [6.07, 6.45) is 0. The maximum Gasteiger partial charge on any atom is 0.121 e. The van der Waals surface area contributed by atoms with E-state index in [1.54, 1.807) is 7.11 Å². The molecule has 20 heavy (non-hydrogen) atoms. The molecule has 0 aliphatic heterocycles. The van der Waals surface area contributed by atoms with E-state index in [2.05, 4.69) is 24.4 Å². The lowest BCUT2D eigenvalue weighted by atomic mass is 10.0. The Hall–Kier alpha value is -2.00. The lowest BCUT2D eigenvalue weighted by molar-refractivity contribution is 0.281. The highest BCUT2D eigenvalue weighted by atomic mass is 16.5. The second-order valence-electron chi connectivity index (χ2n) is 4.95. The van der Waals surface area contributed by atoms with E-state index in [1.807, 2.05) is 37.3 Å². The molecule has 2 rings (SSSR count). The van der Waals surface area contributed by atoms with Gasteiger partial charge in [-0.25, -0.2) is 0 Å². The Morgan fingerprint density at radius 3 is 2.65 bits per heavy atom. The number of methoxy groups -OCH3 is 1. The molecule has 0 bridgehead atoms. The average molecular weight is 271 g/mol.